The lowest BCUT2D eigenvalue weighted by Gasteiger charge is -2.24. The topological polar surface area (TPSA) is 88.7 Å². The number of carboxylic acid groups (broad SMARTS) is 1. The van der Waals surface area contributed by atoms with Crippen LogP contribution in [0.1, 0.15) is 18.2 Å². The standard InChI is InChI=1S/C10H15N3O4/c14-10(15)2-1-8-11-12-9(17-8)7-13-3-5-16-6-4-13/h1-7H2,(H,14,15). The normalized spacial score (nSPS) is 17.2. The van der Waals surface area contributed by atoms with Crippen molar-refractivity contribution in [3.63, 3.8) is 0 Å². The van der Waals surface area contributed by atoms with Gasteiger partial charge >= 0.3 is 5.97 Å². The van der Waals surface area contributed by atoms with E-state index in [0.717, 1.165) is 26.3 Å². The summed E-state index contributed by atoms with van der Waals surface area (Å²) in [5, 5.41) is 16.2. The number of rotatable bonds is 5. The molecular formula is C10H15N3O4. The average Bonchev–Trinajstić information content (AvgIpc) is 2.75. The molecule has 1 saturated heterocycles. The molecule has 0 atom stereocenters. The molecule has 0 aliphatic carbocycles. The van der Waals surface area contributed by atoms with Gasteiger partial charge in [0, 0.05) is 19.5 Å². The molecule has 0 bridgehead atoms. The zero-order valence-electron chi connectivity index (χ0n) is 9.46. The minimum absolute atomic E-state index is 0.0131. The van der Waals surface area contributed by atoms with Gasteiger partial charge in [-0.3, -0.25) is 9.69 Å². The number of aryl methyl sites for hydroxylation is 1. The smallest absolute Gasteiger partial charge is 0.303 e. The Kier molecular flexibility index (Phi) is 4.05. The van der Waals surface area contributed by atoms with Crippen LogP contribution in [0.4, 0.5) is 0 Å². The third-order valence-corrected chi connectivity index (χ3v) is 2.52. The first kappa shape index (κ1) is 12.0. The Labute approximate surface area is 98.4 Å². The van der Waals surface area contributed by atoms with E-state index in [0.29, 0.717) is 18.3 Å². The van der Waals surface area contributed by atoms with Crippen molar-refractivity contribution < 1.29 is 19.1 Å². The summed E-state index contributed by atoms with van der Waals surface area (Å²) in [6, 6.07) is 0. The SMILES string of the molecule is O=C(O)CCc1nnc(CN2CCOCC2)o1. The van der Waals surface area contributed by atoms with Gasteiger partial charge in [0.05, 0.1) is 26.2 Å². The molecule has 1 aromatic rings. The molecule has 1 aromatic heterocycles. The first-order chi connectivity index (χ1) is 8.24. The van der Waals surface area contributed by atoms with Crippen molar-refractivity contribution in [1.29, 1.82) is 0 Å². The second-order valence-electron chi connectivity index (χ2n) is 3.87. The van der Waals surface area contributed by atoms with Crippen LogP contribution in [0.15, 0.2) is 4.42 Å². The maximum Gasteiger partial charge on any atom is 0.303 e. The summed E-state index contributed by atoms with van der Waals surface area (Å²) in [7, 11) is 0. The average molecular weight is 241 g/mol. The van der Waals surface area contributed by atoms with Crippen molar-refractivity contribution in [2.24, 2.45) is 0 Å². The molecule has 2 heterocycles. The first-order valence-electron chi connectivity index (χ1n) is 5.57. The van der Waals surface area contributed by atoms with Crippen molar-refractivity contribution in [1.82, 2.24) is 15.1 Å². The maximum absolute atomic E-state index is 10.4. The van der Waals surface area contributed by atoms with Gasteiger partial charge in [-0.25, -0.2) is 0 Å². The fraction of sp³-hybridized carbons (Fsp3) is 0.700. The number of aliphatic carboxylic acids is 1. The molecule has 1 aliphatic heterocycles. The van der Waals surface area contributed by atoms with Crippen LogP contribution in [0.2, 0.25) is 0 Å². The summed E-state index contributed by atoms with van der Waals surface area (Å²) in [6.07, 6.45) is 0.296. The van der Waals surface area contributed by atoms with E-state index >= 15 is 0 Å². The van der Waals surface area contributed by atoms with Gasteiger partial charge in [-0.15, -0.1) is 10.2 Å². The van der Waals surface area contributed by atoms with E-state index in [1.807, 2.05) is 0 Å². The molecule has 0 radical (unpaired) electrons. The fourth-order valence-corrected chi connectivity index (χ4v) is 1.62. The number of aromatic nitrogens is 2. The summed E-state index contributed by atoms with van der Waals surface area (Å²) in [5.74, 6) is 0.0564. The fourth-order valence-electron chi connectivity index (χ4n) is 1.62. The Hall–Kier alpha value is -1.47. The zero-order chi connectivity index (χ0) is 12.1. The molecule has 2 rings (SSSR count). The van der Waals surface area contributed by atoms with Crippen LogP contribution in [0, 0.1) is 0 Å². The number of carbonyl (C=O) groups is 1. The van der Waals surface area contributed by atoms with Crippen LogP contribution in [-0.2, 0) is 22.5 Å². The number of ether oxygens (including phenoxy) is 1. The van der Waals surface area contributed by atoms with Gasteiger partial charge in [0.1, 0.15) is 0 Å². The molecule has 7 nitrogen and oxygen atoms in total. The molecule has 0 spiro atoms. The highest BCUT2D eigenvalue weighted by Gasteiger charge is 2.14. The van der Waals surface area contributed by atoms with Gasteiger partial charge in [0.25, 0.3) is 0 Å². The minimum Gasteiger partial charge on any atom is -0.481 e. The summed E-state index contributed by atoms with van der Waals surface area (Å²) in [5.41, 5.74) is 0. The van der Waals surface area contributed by atoms with Crippen LogP contribution < -0.4 is 0 Å². The van der Waals surface area contributed by atoms with Crippen LogP contribution in [0.5, 0.6) is 0 Å². The van der Waals surface area contributed by atoms with E-state index in [-0.39, 0.29) is 12.8 Å². The van der Waals surface area contributed by atoms with Gasteiger partial charge in [0.2, 0.25) is 11.8 Å². The van der Waals surface area contributed by atoms with Crippen molar-refractivity contribution in [3.05, 3.63) is 11.8 Å². The van der Waals surface area contributed by atoms with Crippen LogP contribution in [0.3, 0.4) is 0 Å². The minimum atomic E-state index is -0.863. The number of morpholine rings is 1. The molecule has 1 N–H and O–H groups in total. The Balaban J connectivity index is 1.82. The molecule has 1 fully saturated rings. The lowest BCUT2D eigenvalue weighted by atomic mass is 10.3. The Bertz CT molecular complexity index is 373. The van der Waals surface area contributed by atoms with Gasteiger partial charge in [-0.2, -0.15) is 0 Å². The van der Waals surface area contributed by atoms with E-state index in [1.54, 1.807) is 0 Å². The summed E-state index contributed by atoms with van der Waals surface area (Å²) in [6.45, 7) is 3.75. The predicted molar refractivity (Wildman–Crippen MR) is 56.4 cm³/mol. The third-order valence-electron chi connectivity index (χ3n) is 2.52. The molecule has 17 heavy (non-hydrogen) atoms. The summed E-state index contributed by atoms with van der Waals surface area (Å²) >= 11 is 0. The number of hydrogen-bond donors (Lipinski definition) is 1. The van der Waals surface area contributed by atoms with Crippen molar-refractivity contribution in [2.75, 3.05) is 26.3 Å². The highest BCUT2D eigenvalue weighted by Crippen LogP contribution is 2.07. The number of carboxylic acids is 1. The number of nitrogens with zero attached hydrogens (tertiary/aromatic N) is 3. The zero-order valence-corrected chi connectivity index (χ0v) is 9.46. The molecule has 94 valence electrons. The van der Waals surface area contributed by atoms with E-state index in [4.69, 9.17) is 14.3 Å². The Morgan fingerprint density at radius 3 is 2.71 bits per heavy atom. The summed E-state index contributed by atoms with van der Waals surface area (Å²) < 4.78 is 10.6. The van der Waals surface area contributed by atoms with Crippen molar-refractivity contribution in [2.45, 2.75) is 19.4 Å². The third kappa shape index (κ3) is 3.79. The monoisotopic (exact) mass is 241 g/mol. The van der Waals surface area contributed by atoms with Crippen LogP contribution in [-0.4, -0.2) is 52.5 Å². The molecule has 0 saturated carbocycles. The highest BCUT2D eigenvalue weighted by molar-refractivity contribution is 5.66. The Morgan fingerprint density at radius 2 is 2.00 bits per heavy atom. The van der Waals surface area contributed by atoms with Gasteiger partial charge < -0.3 is 14.3 Å². The molecule has 0 aromatic carbocycles. The van der Waals surface area contributed by atoms with E-state index in [1.165, 1.54) is 0 Å². The van der Waals surface area contributed by atoms with Crippen LogP contribution in [0.25, 0.3) is 0 Å². The van der Waals surface area contributed by atoms with Crippen molar-refractivity contribution >= 4 is 5.97 Å². The first-order valence-corrected chi connectivity index (χ1v) is 5.57. The van der Waals surface area contributed by atoms with Crippen LogP contribution >= 0.6 is 0 Å². The van der Waals surface area contributed by atoms with Gasteiger partial charge in [0.15, 0.2) is 0 Å². The Morgan fingerprint density at radius 1 is 1.29 bits per heavy atom. The number of hydrogen-bond acceptors (Lipinski definition) is 6. The second-order valence-corrected chi connectivity index (χ2v) is 3.87. The van der Waals surface area contributed by atoms with E-state index in [2.05, 4.69) is 15.1 Å². The lowest BCUT2D eigenvalue weighted by molar-refractivity contribution is -0.137. The quantitative estimate of drug-likeness (QED) is 0.771. The van der Waals surface area contributed by atoms with Gasteiger partial charge in [-0.1, -0.05) is 0 Å². The largest absolute Gasteiger partial charge is 0.481 e. The molecule has 1 aliphatic rings. The summed E-state index contributed by atoms with van der Waals surface area (Å²) in [4.78, 5) is 12.5. The molecular weight excluding hydrogens is 226 g/mol. The predicted octanol–water partition coefficient (Wildman–Crippen LogP) is -0.0810. The van der Waals surface area contributed by atoms with E-state index in [9.17, 15) is 4.79 Å². The molecule has 7 heteroatoms. The van der Waals surface area contributed by atoms with Gasteiger partial charge in [-0.05, 0) is 0 Å². The highest BCUT2D eigenvalue weighted by atomic mass is 16.5. The lowest BCUT2D eigenvalue weighted by Crippen LogP contribution is -2.35. The van der Waals surface area contributed by atoms with E-state index < -0.39 is 5.97 Å². The van der Waals surface area contributed by atoms with Crippen molar-refractivity contribution in [3.8, 4) is 0 Å². The molecule has 0 unspecified atom stereocenters. The maximum atomic E-state index is 10.4. The second kappa shape index (κ2) is 5.74. The molecule has 0 amide bonds.